The predicted molar refractivity (Wildman–Crippen MR) is 135 cm³/mol. The molecule has 1 aliphatic heterocycles. The van der Waals surface area contributed by atoms with Gasteiger partial charge < -0.3 is 10.6 Å². The van der Waals surface area contributed by atoms with Gasteiger partial charge in [-0.15, -0.1) is 0 Å². The predicted octanol–water partition coefficient (Wildman–Crippen LogP) is 5.29. The van der Waals surface area contributed by atoms with Crippen LogP contribution in [0.2, 0.25) is 0 Å². The van der Waals surface area contributed by atoms with E-state index in [2.05, 4.69) is 10.6 Å². The summed E-state index contributed by atoms with van der Waals surface area (Å²) < 4.78 is 136. The summed E-state index contributed by atoms with van der Waals surface area (Å²) in [5, 5.41) is 5.39. The lowest BCUT2D eigenvalue weighted by atomic mass is 9.73. The number of alkyl halides is 7. The van der Waals surface area contributed by atoms with Crippen molar-refractivity contribution in [1.29, 1.82) is 0 Å². The number of carbonyl (C=O) groups is 2. The molecule has 0 radical (unpaired) electrons. The van der Waals surface area contributed by atoms with Crippen molar-refractivity contribution in [3.05, 3.63) is 65.0 Å². The Balaban J connectivity index is 1.64. The molecular formula is C28H26F8N2O4S. The van der Waals surface area contributed by atoms with Crippen molar-refractivity contribution < 1.29 is 53.1 Å². The van der Waals surface area contributed by atoms with Crippen LogP contribution in [-0.4, -0.2) is 44.2 Å². The molecule has 43 heavy (non-hydrogen) atoms. The molecule has 15 heteroatoms. The van der Waals surface area contributed by atoms with Crippen LogP contribution >= 0.6 is 0 Å². The van der Waals surface area contributed by atoms with E-state index in [9.17, 15) is 53.1 Å². The number of nitrogens with one attached hydrogen (secondary N) is 2. The van der Waals surface area contributed by atoms with Gasteiger partial charge in [0.25, 0.3) is 0 Å². The van der Waals surface area contributed by atoms with Crippen molar-refractivity contribution in [2.75, 3.05) is 0 Å². The number of hydrogen-bond donors (Lipinski definition) is 2. The molecule has 2 aromatic rings. The van der Waals surface area contributed by atoms with Gasteiger partial charge in [-0.2, -0.15) is 26.3 Å². The number of hydrogen-bond acceptors (Lipinski definition) is 4. The average Bonchev–Trinajstić information content (AvgIpc) is 3.48. The van der Waals surface area contributed by atoms with Crippen molar-refractivity contribution in [2.45, 2.75) is 84.7 Å². The topological polar surface area (TPSA) is 92.3 Å². The third kappa shape index (κ3) is 4.60. The Kier molecular flexibility index (Phi) is 7.18. The molecule has 1 unspecified atom stereocenters. The van der Waals surface area contributed by atoms with Gasteiger partial charge in [0.15, 0.2) is 9.84 Å². The van der Waals surface area contributed by atoms with Crippen LogP contribution in [0.4, 0.5) is 35.1 Å². The van der Waals surface area contributed by atoms with Gasteiger partial charge in [-0.05, 0) is 74.4 Å². The van der Waals surface area contributed by atoms with Crippen LogP contribution in [0.5, 0.6) is 0 Å². The number of rotatable bonds is 5. The largest absolute Gasteiger partial charge is 0.435 e. The fourth-order valence-corrected chi connectivity index (χ4v) is 9.32. The van der Waals surface area contributed by atoms with Gasteiger partial charge in [-0.25, -0.2) is 17.2 Å². The van der Waals surface area contributed by atoms with E-state index in [1.807, 2.05) is 0 Å². The van der Waals surface area contributed by atoms with Gasteiger partial charge >= 0.3 is 18.0 Å². The molecule has 1 saturated heterocycles. The third-order valence-electron chi connectivity index (χ3n) is 9.06. The highest BCUT2D eigenvalue weighted by molar-refractivity contribution is 7.92. The van der Waals surface area contributed by atoms with Crippen LogP contribution in [0, 0.1) is 11.7 Å². The summed E-state index contributed by atoms with van der Waals surface area (Å²) in [4.78, 5) is 24.7. The number of carbonyl (C=O) groups excluding carboxylic acids is 2. The third-order valence-corrected chi connectivity index (χ3v) is 11.6. The SMILES string of the molecule is CC1(C(=O)N[C@@H]2CC[C@@]3(S(=O)(=O)c4ccc(F)cc4)c4ccc(C(F)(C(F)(F)F)C(F)(F)F)cc4CC[C@@H]23)CCC(=O)N1. The van der Waals surface area contributed by atoms with Crippen LogP contribution < -0.4 is 10.6 Å². The molecule has 2 amide bonds. The minimum absolute atomic E-state index is 0.0558. The first-order valence-electron chi connectivity index (χ1n) is 13.4. The van der Waals surface area contributed by atoms with E-state index in [1.165, 1.54) is 6.92 Å². The van der Waals surface area contributed by atoms with E-state index in [0.29, 0.717) is 12.1 Å². The highest BCUT2D eigenvalue weighted by atomic mass is 32.2. The molecular weight excluding hydrogens is 612 g/mol. The van der Waals surface area contributed by atoms with Gasteiger partial charge in [0, 0.05) is 23.9 Å². The molecule has 5 rings (SSSR count). The van der Waals surface area contributed by atoms with E-state index >= 15 is 0 Å². The molecule has 0 spiro atoms. The van der Waals surface area contributed by atoms with Gasteiger partial charge in [0.05, 0.1) is 4.90 Å². The van der Waals surface area contributed by atoms with Gasteiger partial charge in [0.2, 0.25) is 11.8 Å². The van der Waals surface area contributed by atoms with E-state index in [4.69, 9.17) is 0 Å². The van der Waals surface area contributed by atoms with Crippen molar-refractivity contribution in [3.63, 3.8) is 0 Å². The second-order valence-corrected chi connectivity index (χ2v) is 13.7. The molecule has 1 heterocycles. The van der Waals surface area contributed by atoms with Gasteiger partial charge in [-0.1, -0.05) is 18.2 Å². The molecule has 4 atom stereocenters. The zero-order valence-electron chi connectivity index (χ0n) is 22.5. The second kappa shape index (κ2) is 9.89. The number of amides is 2. The van der Waals surface area contributed by atoms with Crippen LogP contribution in [-0.2, 0) is 36.3 Å². The molecule has 2 aromatic carbocycles. The zero-order valence-corrected chi connectivity index (χ0v) is 23.3. The first-order chi connectivity index (χ1) is 19.8. The van der Waals surface area contributed by atoms with Crippen molar-refractivity contribution >= 4 is 21.7 Å². The summed E-state index contributed by atoms with van der Waals surface area (Å²) in [7, 11) is -4.53. The van der Waals surface area contributed by atoms with Crippen LogP contribution in [0.15, 0.2) is 47.4 Å². The highest BCUT2D eigenvalue weighted by Gasteiger charge is 2.74. The maximum absolute atomic E-state index is 14.9. The Hall–Kier alpha value is -3.23. The van der Waals surface area contributed by atoms with E-state index < -0.39 is 67.4 Å². The molecule has 3 aliphatic rings. The number of halogens is 8. The first-order valence-corrected chi connectivity index (χ1v) is 14.8. The lowest BCUT2D eigenvalue weighted by molar-refractivity contribution is -0.348. The van der Waals surface area contributed by atoms with Crippen LogP contribution in [0.25, 0.3) is 0 Å². The van der Waals surface area contributed by atoms with Crippen LogP contribution in [0.1, 0.15) is 55.7 Å². The van der Waals surface area contributed by atoms with Gasteiger partial charge in [-0.3, -0.25) is 9.59 Å². The Bertz CT molecular complexity index is 1560. The first kappa shape index (κ1) is 31.2. The highest BCUT2D eigenvalue weighted by Crippen LogP contribution is 2.59. The Morgan fingerprint density at radius 1 is 0.930 bits per heavy atom. The monoisotopic (exact) mass is 638 g/mol. The van der Waals surface area contributed by atoms with E-state index in [1.54, 1.807) is 0 Å². The minimum Gasteiger partial charge on any atom is -0.351 e. The molecule has 1 saturated carbocycles. The Morgan fingerprint density at radius 2 is 1.56 bits per heavy atom. The molecule has 2 N–H and O–H groups in total. The quantitative estimate of drug-likeness (QED) is 0.344. The van der Waals surface area contributed by atoms with Crippen LogP contribution in [0.3, 0.4) is 0 Å². The fraction of sp³-hybridized carbons (Fsp3) is 0.500. The smallest absolute Gasteiger partial charge is 0.351 e. The maximum atomic E-state index is 14.9. The summed E-state index contributed by atoms with van der Waals surface area (Å²) in [5.41, 5.74) is -9.02. The molecule has 2 fully saturated rings. The summed E-state index contributed by atoms with van der Waals surface area (Å²) in [6, 6.07) is 4.48. The normalized spacial score (nSPS) is 27.8. The molecule has 6 nitrogen and oxygen atoms in total. The molecule has 0 bridgehead atoms. The zero-order chi connectivity index (χ0) is 31.8. The van der Waals surface area contributed by atoms with E-state index in [0.717, 1.165) is 30.3 Å². The summed E-state index contributed by atoms with van der Waals surface area (Å²) >= 11 is 0. The fourth-order valence-electron chi connectivity index (χ4n) is 6.85. The average molecular weight is 639 g/mol. The van der Waals surface area contributed by atoms with E-state index in [-0.39, 0.29) is 60.5 Å². The number of sulfone groups is 1. The number of aryl methyl sites for hydroxylation is 1. The molecule has 234 valence electrons. The maximum Gasteiger partial charge on any atom is 0.435 e. The summed E-state index contributed by atoms with van der Waals surface area (Å²) in [6.07, 6.45) is -12.9. The second-order valence-electron chi connectivity index (χ2n) is 11.5. The summed E-state index contributed by atoms with van der Waals surface area (Å²) in [6.45, 7) is 1.51. The number of benzene rings is 2. The molecule has 0 aromatic heterocycles. The molecule has 2 aliphatic carbocycles. The minimum atomic E-state index is -6.36. The van der Waals surface area contributed by atoms with Crippen molar-refractivity contribution in [1.82, 2.24) is 10.6 Å². The summed E-state index contributed by atoms with van der Waals surface area (Å²) in [5.74, 6) is -2.58. The number of fused-ring (bicyclic) bond motifs is 3. The lowest BCUT2D eigenvalue weighted by Crippen LogP contribution is -2.57. The Morgan fingerprint density at radius 3 is 2.12 bits per heavy atom. The van der Waals surface area contributed by atoms with Crippen molar-refractivity contribution in [3.8, 4) is 0 Å². The van der Waals surface area contributed by atoms with Gasteiger partial charge in [0.1, 0.15) is 16.1 Å². The standard InChI is InChI=1S/C28H26F8N2O4S/c1-24(12-11-22(39)38-24)23(40)37-21-10-13-25(43(41,42)18-6-4-17(29)5-7-18)19-9-3-16(14-15(19)2-8-20(21)25)26(30,27(31,32)33)28(34,35)36/h3-7,9,14,20-21H,2,8,10-13H2,1H3,(H,37,40)(H,38,39)/t20-,21+,24?,25+/m0/s1. The lowest BCUT2D eigenvalue weighted by Gasteiger charge is -2.43. The Labute approximate surface area is 241 Å². The van der Waals surface area contributed by atoms with Crippen molar-refractivity contribution in [2.24, 2.45) is 5.92 Å².